The van der Waals surface area contributed by atoms with Crippen LogP contribution in [0.2, 0.25) is 0 Å². The average molecular weight is 409 g/mol. The van der Waals surface area contributed by atoms with Crippen LogP contribution in [0, 0.1) is 0 Å². The fourth-order valence-corrected chi connectivity index (χ4v) is 5.27. The Balaban J connectivity index is 2.28. The molecule has 2 heterocycles. The van der Waals surface area contributed by atoms with Crippen molar-refractivity contribution in [2.75, 3.05) is 18.8 Å². The van der Waals surface area contributed by atoms with E-state index in [1.165, 1.54) is 0 Å². The van der Waals surface area contributed by atoms with E-state index in [4.69, 9.17) is 22.4 Å². The van der Waals surface area contributed by atoms with Crippen LogP contribution in [0.4, 0.5) is 5.82 Å². The second kappa shape index (κ2) is 8.10. The normalized spacial score (nSPS) is 17.2. The molecule has 2 atom stereocenters. The van der Waals surface area contributed by atoms with E-state index in [2.05, 4.69) is 20.9 Å². The molecule has 1 aliphatic heterocycles. The molecule has 2 unspecified atom stereocenters. The number of benzene rings is 1. The summed E-state index contributed by atoms with van der Waals surface area (Å²) >= 11 is 0. The van der Waals surface area contributed by atoms with Crippen molar-refractivity contribution >= 4 is 33.4 Å². The summed E-state index contributed by atoms with van der Waals surface area (Å²) in [5, 5.41) is 12.5. The van der Waals surface area contributed by atoms with Gasteiger partial charge in [-0.15, -0.1) is 5.10 Å². The first-order valence-electron chi connectivity index (χ1n) is 7.90. The summed E-state index contributed by atoms with van der Waals surface area (Å²) in [6.45, 7) is 1.20. The van der Waals surface area contributed by atoms with Crippen LogP contribution in [0.15, 0.2) is 45.2 Å². The standard InChI is InChI=1S/C15H20N8O2S2/c16-12-3-1-2-10(21-12)9-4-5-11(26(24)8-6-20-7-8)14(27(19)25)13(9)15(17)22-23-18/h1-5,8,20,23H,6-7,18-19H2,(H2,16,21)(H2,17,22). The lowest BCUT2D eigenvalue weighted by Crippen LogP contribution is -2.49. The highest BCUT2D eigenvalue weighted by atomic mass is 32.2. The molecule has 3 rings (SSSR count). The molecule has 10 N–H and O–H groups in total. The molecule has 27 heavy (non-hydrogen) atoms. The summed E-state index contributed by atoms with van der Waals surface area (Å²) in [6.07, 6.45) is 0. The molecule has 1 fully saturated rings. The van der Waals surface area contributed by atoms with Gasteiger partial charge in [0, 0.05) is 24.2 Å². The van der Waals surface area contributed by atoms with Crippen molar-refractivity contribution in [1.29, 1.82) is 0 Å². The summed E-state index contributed by atoms with van der Waals surface area (Å²) in [5.41, 5.74) is 15.2. The molecule has 0 spiro atoms. The Bertz CT molecular complexity index is 945. The van der Waals surface area contributed by atoms with Gasteiger partial charge in [-0.05, 0) is 18.2 Å². The molecule has 1 saturated heterocycles. The van der Waals surface area contributed by atoms with Crippen molar-refractivity contribution in [1.82, 2.24) is 15.8 Å². The SMILES string of the molecule is NN/N=C(\N)c1c(-c2cccc(N)n2)ccc(S(=O)C2CNC2)c1S(N)=O. The molecule has 1 aliphatic rings. The number of hydrazine groups is 1. The highest BCUT2D eigenvalue weighted by Gasteiger charge is 2.30. The first kappa shape index (κ1) is 19.4. The number of nitrogens with zero attached hydrogens (tertiary/aromatic N) is 2. The van der Waals surface area contributed by atoms with Gasteiger partial charge < -0.3 is 16.8 Å². The third-order valence-corrected chi connectivity index (χ3v) is 6.74. The summed E-state index contributed by atoms with van der Waals surface area (Å²) in [4.78, 5) is 4.76. The number of nitrogens with two attached hydrogens (primary N) is 4. The van der Waals surface area contributed by atoms with Crippen molar-refractivity contribution in [3.05, 3.63) is 35.9 Å². The zero-order chi connectivity index (χ0) is 19.6. The number of nitrogen functional groups attached to an aromatic ring is 1. The van der Waals surface area contributed by atoms with Gasteiger partial charge in [0.05, 0.1) is 31.5 Å². The van der Waals surface area contributed by atoms with E-state index in [0.717, 1.165) is 0 Å². The van der Waals surface area contributed by atoms with Gasteiger partial charge >= 0.3 is 0 Å². The van der Waals surface area contributed by atoms with Crippen molar-refractivity contribution in [2.45, 2.75) is 15.0 Å². The lowest BCUT2D eigenvalue weighted by Gasteiger charge is -2.27. The molecule has 0 saturated carbocycles. The van der Waals surface area contributed by atoms with Gasteiger partial charge in [0.1, 0.15) is 16.8 Å². The predicted molar refractivity (Wildman–Crippen MR) is 106 cm³/mol. The molecule has 144 valence electrons. The Labute approximate surface area is 160 Å². The molecule has 2 aromatic rings. The highest BCUT2D eigenvalue weighted by molar-refractivity contribution is 7.87. The van der Waals surface area contributed by atoms with Crippen LogP contribution in [-0.2, 0) is 21.8 Å². The minimum Gasteiger partial charge on any atom is -0.384 e. The van der Waals surface area contributed by atoms with Gasteiger partial charge in [-0.2, -0.15) is 0 Å². The zero-order valence-corrected chi connectivity index (χ0v) is 15.8. The summed E-state index contributed by atoms with van der Waals surface area (Å²) in [7, 11) is -3.40. The number of rotatable bonds is 6. The maximum Gasteiger partial charge on any atom is 0.154 e. The van der Waals surface area contributed by atoms with Crippen LogP contribution in [0.3, 0.4) is 0 Å². The number of pyridine rings is 1. The molecule has 1 aromatic carbocycles. The Morgan fingerprint density at radius 2 is 2.00 bits per heavy atom. The minimum absolute atomic E-state index is 0.0592. The maximum atomic E-state index is 12.9. The lowest BCUT2D eigenvalue weighted by atomic mass is 10.0. The monoisotopic (exact) mass is 408 g/mol. The van der Waals surface area contributed by atoms with E-state index in [1.54, 1.807) is 30.3 Å². The van der Waals surface area contributed by atoms with Crippen molar-refractivity contribution < 1.29 is 8.42 Å². The highest BCUT2D eigenvalue weighted by Crippen LogP contribution is 2.32. The molecule has 1 aromatic heterocycles. The summed E-state index contributed by atoms with van der Waals surface area (Å²) in [5.74, 6) is 5.50. The first-order valence-corrected chi connectivity index (χ1v) is 10.3. The van der Waals surface area contributed by atoms with Crippen LogP contribution in [-0.4, -0.2) is 37.6 Å². The lowest BCUT2D eigenvalue weighted by molar-refractivity contribution is 0.525. The Kier molecular flexibility index (Phi) is 5.82. The molecule has 10 nitrogen and oxygen atoms in total. The van der Waals surface area contributed by atoms with Gasteiger partial charge in [-0.25, -0.2) is 25.7 Å². The van der Waals surface area contributed by atoms with Gasteiger partial charge in [0.2, 0.25) is 0 Å². The first-order chi connectivity index (χ1) is 12.9. The van der Waals surface area contributed by atoms with E-state index < -0.39 is 21.8 Å². The van der Waals surface area contributed by atoms with Crippen LogP contribution >= 0.6 is 0 Å². The summed E-state index contributed by atoms with van der Waals surface area (Å²) in [6, 6.07) is 8.39. The number of hydrogen-bond donors (Lipinski definition) is 6. The summed E-state index contributed by atoms with van der Waals surface area (Å²) < 4.78 is 25.3. The van der Waals surface area contributed by atoms with Crippen molar-refractivity contribution in [3.63, 3.8) is 0 Å². The topological polar surface area (TPSA) is 188 Å². The zero-order valence-electron chi connectivity index (χ0n) is 14.2. The average Bonchev–Trinajstić information content (AvgIpc) is 2.59. The van der Waals surface area contributed by atoms with Crippen LogP contribution in [0.5, 0.6) is 0 Å². The third kappa shape index (κ3) is 3.84. The van der Waals surface area contributed by atoms with Gasteiger partial charge in [0.15, 0.2) is 5.84 Å². The maximum absolute atomic E-state index is 12.9. The number of hydrogen-bond acceptors (Lipinski definition) is 8. The second-order valence-corrected chi connectivity index (χ2v) is 8.47. The molecule has 12 heteroatoms. The van der Waals surface area contributed by atoms with E-state index >= 15 is 0 Å². The fraction of sp³-hybridized carbons (Fsp3) is 0.200. The van der Waals surface area contributed by atoms with Crippen molar-refractivity contribution in [3.8, 4) is 11.3 Å². The van der Waals surface area contributed by atoms with Gasteiger partial charge in [0.25, 0.3) is 0 Å². The Hall–Kier alpha value is -2.38. The van der Waals surface area contributed by atoms with E-state index in [9.17, 15) is 8.42 Å². The Morgan fingerprint density at radius 1 is 1.26 bits per heavy atom. The smallest absolute Gasteiger partial charge is 0.154 e. The number of aromatic nitrogens is 1. The van der Waals surface area contributed by atoms with E-state index in [-0.39, 0.29) is 21.5 Å². The minimum atomic E-state index is -1.98. The third-order valence-electron chi connectivity index (χ3n) is 4.07. The van der Waals surface area contributed by atoms with Gasteiger partial charge in [-0.1, -0.05) is 12.1 Å². The van der Waals surface area contributed by atoms with Gasteiger partial charge in [-0.3, -0.25) is 4.21 Å². The van der Waals surface area contributed by atoms with Crippen LogP contribution in [0.1, 0.15) is 5.56 Å². The molecular weight excluding hydrogens is 388 g/mol. The largest absolute Gasteiger partial charge is 0.384 e. The number of nitrogens with one attached hydrogen (secondary N) is 2. The molecule has 0 radical (unpaired) electrons. The van der Waals surface area contributed by atoms with E-state index in [0.29, 0.717) is 35.1 Å². The van der Waals surface area contributed by atoms with E-state index in [1.807, 2.05) is 0 Å². The predicted octanol–water partition coefficient (Wildman–Crippen LogP) is -1.52. The quantitative estimate of drug-likeness (QED) is 0.144. The number of amidine groups is 1. The van der Waals surface area contributed by atoms with Crippen molar-refractivity contribution in [2.24, 2.45) is 21.8 Å². The second-order valence-electron chi connectivity index (χ2n) is 5.76. The fourth-order valence-electron chi connectivity index (χ4n) is 2.71. The van der Waals surface area contributed by atoms with Crippen LogP contribution < -0.4 is 33.3 Å². The molecular formula is C15H20N8O2S2. The number of hydrazone groups is 1. The number of anilines is 1. The molecule has 0 bridgehead atoms. The molecule has 0 aliphatic carbocycles. The Morgan fingerprint density at radius 3 is 2.56 bits per heavy atom. The molecule has 0 amide bonds. The van der Waals surface area contributed by atoms with Crippen LogP contribution in [0.25, 0.3) is 11.3 Å².